The van der Waals surface area contributed by atoms with Crippen molar-refractivity contribution < 1.29 is 0 Å². The second-order valence-corrected chi connectivity index (χ2v) is 15.7. The average molecular weight is 370 g/mol. The standard InChI is InChI=1S/CBr3.Sn/c2-1(3)4;. The van der Waals surface area contributed by atoms with Gasteiger partial charge in [-0.05, 0) is 0 Å². The number of hydrogen-bond acceptors (Lipinski definition) is 0. The van der Waals surface area contributed by atoms with Crippen molar-refractivity contribution >= 4 is 70.3 Å². The number of hydrogen-bond donors (Lipinski definition) is 0. The number of halogens is 3. The summed E-state index contributed by atoms with van der Waals surface area (Å²) < 4.78 is 0.0275. The van der Waals surface area contributed by atoms with Gasteiger partial charge in [0.25, 0.3) is 0 Å². The number of rotatable bonds is 0. The summed E-state index contributed by atoms with van der Waals surface area (Å²) in [6, 6.07) is 0. The molecule has 0 aromatic heterocycles. The molecule has 4 heteroatoms. The molecule has 0 aliphatic heterocycles. The summed E-state index contributed by atoms with van der Waals surface area (Å²) in [5.41, 5.74) is 0. The van der Waals surface area contributed by atoms with Gasteiger partial charge in [-0.3, -0.25) is 0 Å². The summed E-state index contributed by atoms with van der Waals surface area (Å²) in [6.07, 6.45) is 0. The van der Waals surface area contributed by atoms with Gasteiger partial charge in [0.2, 0.25) is 0 Å². The Morgan fingerprint density at radius 2 is 1.20 bits per heavy atom. The second kappa shape index (κ2) is 2.52. The van der Waals surface area contributed by atoms with E-state index in [1.165, 1.54) is 22.5 Å². The van der Waals surface area contributed by atoms with Crippen molar-refractivity contribution in [3.63, 3.8) is 0 Å². The molecule has 0 aromatic rings. The van der Waals surface area contributed by atoms with Crippen LogP contribution in [-0.2, 0) is 0 Å². The van der Waals surface area contributed by atoms with Crippen LogP contribution in [0.15, 0.2) is 0 Å². The molecule has 5 heavy (non-hydrogen) atoms. The molecule has 0 amide bonds. The molecule has 0 aromatic carbocycles. The van der Waals surface area contributed by atoms with E-state index >= 15 is 0 Å². The molecule has 0 nitrogen and oxygen atoms in total. The van der Waals surface area contributed by atoms with Crippen molar-refractivity contribution in [1.29, 1.82) is 0 Å². The van der Waals surface area contributed by atoms with Gasteiger partial charge in [0.15, 0.2) is 0 Å². The number of alkyl halides is 3. The van der Waals surface area contributed by atoms with Crippen LogP contribution < -0.4 is 0 Å². The first-order valence-corrected chi connectivity index (χ1v) is 4.62. The van der Waals surface area contributed by atoms with E-state index in [9.17, 15) is 0 Å². The molecule has 3 radical (unpaired) electrons. The summed E-state index contributed by atoms with van der Waals surface area (Å²) in [5.74, 6) is 0. The van der Waals surface area contributed by atoms with Crippen molar-refractivity contribution in [2.75, 3.05) is 0 Å². The van der Waals surface area contributed by atoms with Gasteiger partial charge in [0, 0.05) is 0 Å². The van der Waals surface area contributed by atoms with Gasteiger partial charge >= 0.3 is 70.5 Å². The molecule has 0 saturated heterocycles. The molecular weight excluding hydrogens is 370 g/mol. The third-order valence-electron chi connectivity index (χ3n) is 0. The van der Waals surface area contributed by atoms with E-state index in [0.717, 1.165) is 0 Å². The first-order chi connectivity index (χ1) is 2.00. The van der Waals surface area contributed by atoms with Crippen molar-refractivity contribution in [3.8, 4) is 0 Å². The van der Waals surface area contributed by atoms with Crippen LogP contribution in [0.4, 0.5) is 0 Å². The molecule has 0 spiro atoms. The Morgan fingerprint density at radius 1 is 1.20 bits per heavy atom. The average Bonchev–Trinajstić information content (AvgIpc) is 0.722. The molecule has 0 N–H and O–H groups in total. The van der Waals surface area contributed by atoms with Gasteiger partial charge < -0.3 is 0 Å². The van der Waals surface area contributed by atoms with Gasteiger partial charge in [-0.2, -0.15) is 0 Å². The van der Waals surface area contributed by atoms with E-state index in [-0.39, 0.29) is 0.159 Å². The third-order valence-corrected chi connectivity index (χ3v) is 0. The molecule has 0 fully saturated rings. The Morgan fingerprint density at radius 3 is 1.20 bits per heavy atom. The van der Waals surface area contributed by atoms with Crippen LogP contribution in [0.3, 0.4) is 0 Å². The Labute approximate surface area is 69.6 Å². The van der Waals surface area contributed by atoms with Crippen LogP contribution in [0.2, 0.25) is 0 Å². The van der Waals surface area contributed by atoms with Gasteiger partial charge in [0.1, 0.15) is 0 Å². The Kier molecular flexibility index (Phi) is 3.65. The van der Waals surface area contributed by atoms with Gasteiger partial charge in [-0.15, -0.1) is 0 Å². The third kappa shape index (κ3) is 22.4. The zero-order valence-electron chi connectivity index (χ0n) is 2.13. The maximum atomic E-state index is 3.25. The fourth-order valence-corrected chi connectivity index (χ4v) is 0. The van der Waals surface area contributed by atoms with Crippen LogP contribution in [0.25, 0.3) is 0 Å². The van der Waals surface area contributed by atoms with E-state index in [2.05, 4.69) is 47.8 Å². The van der Waals surface area contributed by atoms with E-state index in [1.807, 2.05) is 0 Å². The fraction of sp³-hybridized carbons (Fsp3) is 1.00. The minimum atomic E-state index is 0.0275. The van der Waals surface area contributed by atoms with Gasteiger partial charge in [-0.1, -0.05) is 0 Å². The van der Waals surface area contributed by atoms with Crippen molar-refractivity contribution in [3.05, 3.63) is 0 Å². The predicted molar refractivity (Wildman–Crippen MR) is 35.3 cm³/mol. The molecule has 0 aliphatic carbocycles. The Bertz CT molecular complexity index is 22.4. The van der Waals surface area contributed by atoms with Crippen LogP contribution in [0.5, 0.6) is 0 Å². The molecule has 0 saturated carbocycles. The zero-order chi connectivity index (χ0) is 4.50. The van der Waals surface area contributed by atoms with Crippen molar-refractivity contribution in [2.24, 2.45) is 0 Å². The molecule has 0 aliphatic rings. The maximum absolute atomic E-state index is 3.25. The minimum absolute atomic E-state index is 0.0275. The Balaban J connectivity index is 3.02. The molecule has 0 rings (SSSR count). The first-order valence-electron chi connectivity index (χ1n) is 0.817. The van der Waals surface area contributed by atoms with E-state index in [1.54, 1.807) is 0 Å². The quantitative estimate of drug-likeness (QED) is 0.452. The van der Waals surface area contributed by atoms with E-state index in [0.29, 0.717) is 0 Å². The summed E-state index contributed by atoms with van der Waals surface area (Å²) in [7, 11) is 0. The summed E-state index contributed by atoms with van der Waals surface area (Å²) in [5, 5.41) is 0. The van der Waals surface area contributed by atoms with Gasteiger partial charge in [-0.25, -0.2) is 0 Å². The monoisotopic (exact) mass is 369 g/mol. The molecular formula is CBr3Sn. The Hall–Kier alpha value is 2.24. The SMILES string of the molecule is Br[C](Br)(Br)[Sn]. The normalized spacial score (nSPS) is 12.0. The second-order valence-electron chi connectivity index (χ2n) is 0.498. The molecule has 0 unspecified atom stereocenters. The topological polar surface area (TPSA) is 0 Å². The van der Waals surface area contributed by atoms with Crippen LogP contribution in [0.1, 0.15) is 0 Å². The van der Waals surface area contributed by atoms with Crippen molar-refractivity contribution in [1.82, 2.24) is 0 Å². The molecule has 0 bridgehead atoms. The van der Waals surface area contributed by atoms with Gasteiger partial charge in [0.05, 0.1) is 0 Å². The van der Waals surface area contributed by atoms with Crippen LogP contribution >= 0.6 is 47.8 Å². The molecule has 29 valence electrons. The summed E-state index contributed by atoms with van der Waals surface area (Å²) >= 11 is 11.1. The first kappa shape index (κ1) is 7.24. The van der Waals surface area contributed by atoms with Crippen LogP contribution in [0, 0.1) is 0 Å². The van der Waals surface area contributed by atoms with Crippen LogP contribution in [-0.4, -0.2) is 22.7 Å². The predicted octanol–water partition coefficient (Wildman–Crippen LogP) is 1.95. The summed E-state index contributed by atoms with van der Waals surface area (Å²) in [6.45, 7) is 0. The van der Waals surface area contributed by atoms with E-state index in [4.69, 9.17) is 0 Å². The molecule has 0 atom stereocenters. The summed E-state index contributed by atoms with van der Waals surface area (Å²) in [4.78, 5) is 0. The zero-order valence-corrected chi connectivity index (χ0v) is 9.75. The fourth-order valence-electron chi connectivity index (χ4n) is 0. The van der Waals surface area contributed by atoms with E-state index < -0.39 is 0 Å². The molecule has 0 heterocycles. The van der Waals surface area contributed by atoms with Crippen molar-refractivity contribution in [2.45, 2.75) is 0.159 Å².